The van der Waals surface area contributed by atoms with Crippen LogP contribution in [-0.4, -0.2) is 28.3 Å². The van der Waals surface area contributed by atoms with Gasteiger partial charge in [0.15, 0.2) is 6.10 Å². The van der Waals surface area contributed by atoms with Crippen LogP contribution in [0.2, 0.25) is 0 Å². The molecular weight excluding hydrogens is 296 g/mol. The Morgan fingerprint density at radius 2 is 1.78 bits per heavy atom. The van der Waals surface area contributed by atoms with Gasteiger partial charge in [0, 0.05) is 31.4 Å². The topological polar surface area (TPSA) is 77.4 Å². The number of anilines is 1. The van der Waals surface area contributed by atoms with Crippen LogP contribution in [0.15, 0.2) is 42.6 Å². The quantitative estimate of drug-likeness (QED) is 0.679. The molecule has 0 spiro atoms. The second kappa shape index (κ2) is 6.91. The van der Waals surface area contributed by atoms with Crippen molar-refractivity contribution in [1.29, 1.82) is 0 Å². The third-order valence-corrected chi connectivity index (χ3v) is 3.30. The fourth-order valence-corrected chi connectivity index (χ4v) is 2.10. The number of aromatic nitrogens is 1. The summed E-state index contributed by atoms with van der Waals surface area (Å²) in [5, 5.41) is 2.62. The summed E-state index contributed by atoms with van der Waals surface area (Å²) < 4.78 is 6.83. The summed E-state index contributed by atoms with van der Waals surface area (Å²) in [4.78, 5) is 35.3. The number of Topliss-reactive ketones (excluding diaryl/α,β-unsaturated/α-hetero) is 1. The molecule has 0 aliphatic carbocycles. The Morgan fingerprint density at radius 1 is 1.13 bits per heavy atom. The van der Waals surface area contributed by atoms with Gasteiger partial charge in [0.2, 0.25) is 11.7 Å². The number of esters is 1. The van der Waals surface area contributed by atoms with Gasteiger partial charge in [-0.15, -0.1) is 0 Å². The molecule has 6 heteroatoms. The van der Waals surface area contributed by atoms with Crippen molar-refractivity contribution in [1.82, 2.24) is 4.57 Å². The molecular formula is C17H18N2O4. The number of hydrogen-bond donors (Lipinski definition) is 1. The first-order valence-electron chi connectivity index (χ1n) is 7.12. The maximum absolute atomic E-state index is 12.3. The van der Waals surface area contributed by atoms with Gasteiger partial charge in [-0.3, -0.25) is 9.59 Å². The minimum Gasteiger partial charge on any atom is -0.450 e. The van der Waals surface area contributed by atoms with E-state index in [-0.39, 0.29) is 11.7 Å². The minimum atomic E-state index is -0.899. The largest absolute Gasteiger partial charge is 0.450 e. The minimum absolute atomic E-state index is 0.186. The second-order valence-corrected chi connectivity index (χ2v) is 5.17. The van der Waals surface area contributed by atoms with E-state index in [4.69, 9.17) is 4.74 Å². The van der Waals surface area contributed by atoms with E-state index in [1.807, 2.05) is 0 Å². The Morgan fingerprint density at radius 3 is 2.30 bits per heavy atom. The van der Waals surface area contributed by atoms with Crippen molar-refractivity contribution in [3.63, 3.8) is 0 Å². The highest BCUT2D eigenvalue weighted by Crippen LogP contribution is 2.13. The molecule has 0 unspecified atom stereocenters. The first-order chi connectivity index (χ1) is 10.9. The number of nitrogens with one attached hydrogen (secondary N) is 1. The van der Waals surface area contributed by atoms with Crippen molar-refractivity contribution in [3.8, 4) is 0 Å². The van der Waals surface area contributed by atoms with Crippen LogP contribution in [-0.2, 0) is 16.6 Å². The molecule has 120 valence electrons. The molecule has 1 aromatic carbocycles. The molecule has 23 heavy (non-hydrogen) atoms. The van der Waals surface area contributed by atoms with Crippen molar-refractivity contribution in [2.24, 2.45) is 7.05 Å². The SMILES string of the molecule is CC(=O)Nc1ccc(C(=O)[C@H](C)OC(=O)c2cccn2C)cc1. The van der Waals surface area contributed by atoms with E-state index < -0.39 is 12.1 Å². The molecule has 2 rings (SSSR count). The van der Waals surface area contributed by atoms with Crippen LogP contribution in [0.1, 0.15) is 34.7 Å². The van der Waals surface area contributed by atoms with Gasteiger partial charge in [-0.1, -0.05) is 0 Å². The molecule has 0 aliphatic heterocycles. The predicted octanol–water partition coefficient (Wildman–Crippen LogP) is 2.41. The van der Waals surface area contributed by atoms with Crippen LogP contribution in [0.4, 0.5) is 5.69 Å². The van der Waals surface area contributed by atoms with Gasteiger partial charge < -0.3 is 14.6 Å². The Hall–Kier alpha value is -2.89. The summed E-state index contributed by atoms with van der Waals surface area (Å²) in [5.74, 6) is -1.04. The number of carbonyl (C=O) groups excluding carboxylic acids is 3. The lowest BCUT2D eigenvalue weighted by molar-refractivity contribution is -0.114. The van der Waals surface area contributed by atoms with Crippen LogP contribution >= 0.6 is 0 Å². The Labute approximate surface area is 134 Å². The average molecular weight is 314 g/mol. The van der Waals surface area contributed by atoms with E-state index in [2.05, 4.69) is 5.32 Å². The maximum Gasteiger partial charge on any atom is 0.355 e. The normalized spacial score (nSPS) is 11.6. The standard InChI is InChI=1S/C17H18N2O4/c1-11(23-17(22)15-5-4-10-19(15)3)16(21)13-6-8-14(9-7-13)18-12(2)20/h4-11H,1-3H3,(H,18,20)/t11-/m0/s1. The summed E-state index contributed by atoms with van der Waals surface area (Å²) in [5.41, 5.74) is 1.39. The summed E-state index contributed by atoms with van der Waals surface area (Å²) in [7, 11) is 1.73. The summed E-state index contributed by atoms with van der Waals surface area (Å²) in [6.45, 7) is 2.94. The Kier molecular flexibility index (Phi) is 4.95. The Balaban J connectivity index is 2.03. The van der Waals surface area contributed by atoms with Gasteiger partial charge in [-0.05, 0) is 43.3 Å². The zero-order valence-electron chi connectivity index (χ0n) is 13.2. The van der Waals surface area contributed by atoms with Crippen molar-refractivity contribution < 1.29 is 19.1 Å². The molecule has 1 amide bonds. The van der Waals surface area contributed by atoms with E-state index in [1.165, 1.54) is 13.8 Å². The second-order valence-electron chi connectivity index (χ2n) is 5.17. The fourth-order valence-electron chi connectivity index (χ4n) is 2.10. The number of hydrogen-bond acceptors (Lipinski definition) is 4. The van der Waals surface area contributed by atoms with Crippen LogP contribution < -0.4 is 5.32 Å². The van der Waals surface area contributed by atoms with E-state index in [9.17, 15) is 14.4 Å². The summed E-state index contributed by atoms with van der Waals surface area (Å²) in [6, 6.07) is 9.77. The van der Waals surface area contributed by atoms with Crippen molar-refractivity contribution in [3.05, 3.63) is 53.9 Å². The van der Waals surface area contributed by atoms with Crippen LogP contribution in [0.25, 0.3) is 0 Å². The zero-order chi connectivity index (χ0) is 17.0. The number of ether oxygens (including phenoxy) is 1. The van der Waals surface area contributed by atoms with E-state index in [1.54, 1.807) is 54.2 Å². The van der Waals surface area contributed by atoms with Crippen molar-refractivity contribution in [2.75, 3.05) is 5.32 Å². The Bertz CT molecular complexity index is 731. The molecule has 0 bridgehead atoms. The molecule has 2 aromatic rings. The van der Waals surface area contributed by atoms with Crippen LogP contribution in [0.3, 0.4) is 0 Å². The van der Waals surface area contributed by atoms with Crippen molar-refractivity contribution in [2.45, 2.75) is 20.0 Å². The number of carbonyl (C=O) groups is 3. The highest BCUT2D eigenvalue weighted by Gasteiger charge is 2.21. The molecule has 0 aliphatic rings. The lowest BCUT2D eigenvalue weighted by Crippen LogP contribution is -2.25. The predicted molar refractivity (Wildman–Crippen MR) is 85.4 cm³/mol. The van der Waals surface area contributed by atoms with E-state index in [0.717, 1.165) is 0 Å². The first kappa shape index (κ1) is 16.5. The van der Waals surface area contributed by atoms with Gasteiger partial charge in [0.05, 0.1) is 0 Å². The lowest BCUT2D eigenvalue weighted by atomic mass is 10.1. The van der Waals surface area contributed by atoms with E-state index in [0.29, 0.717) is 16.9 Å². The van der Waals surface area contributed by atoms with Gasteiger partial charge in [0.1, 0.15) is 5.69 Å². The number of ketones is 1. The molecule has 6 nitrogen and oxygen atoms in total. The molecule has 1 heterocycles. The zero-order valence-corrected chi connectivity index (χ0v) is 13.2. The molecule has 1 aromatic heterocycles. The average Bonchev–Trinajstić information content (AvgIpc) is 2.93. The van der Waals surface area contributed by atoms with Crippen LogP contribution in [0.5, 0.6) is 0 Å². The fraction of sp³-hybridized carbons (Fsp3) is 0.235. The summed E-state index contributed by atoms with van der Waals surface area (Å²) in [6.07, 6.45) is 0.827. The number of nitrogens with zero attached hydrogens (tertiary/aromatic N) is 1. The third kappa shape index (κ3) is 4.06. The van der Waals surface area contributed by atoms with Gasteiger partial charge in [0.25, 0.3) is 0 Å². The third-order valence-electron chi connectivity index (χ3n) is 3.30. The van der Waals surface area contributed by atoms with Crippen molar-refractivity contribution >= 4 is 23.3 Å². The molecule has 0 saturated carbocycles. The number of rotatable bonds is 5. The molecule has 0 radical (unpaired) electrons. The smallest absolute Gasteiger partial charge is 0.355 e. The molecule has 0 fully saturated rings. The summed E-state index contributed by atoms with van der Waals surface area (Å²) >= 11 is 0. The molecule has 0 saturated heterocycles. The maximum atomic E-state index is 12.3. The highest BCUT2D eigenvalue weighted by molar-refractivity contribution is 6.01. The first-order valence-corrected chi connectivity index (χ1v) is 7.12. The monoisotopic (exact) mass is 314 g/mol. The highest BCUT2D eigenvalue weighted by atomic mass is 16.5. The van der Waals surface area contributed by atoms with E-state index >= 15 is 0 Å². The molecule has 1 N–H and O–H groups in total. The van der Waals surface area contributed by atoms with Gasteiger partial charge in [-0.2, -0.15) is 0 Å². The number of benzene rings is 1. The van der Waals surface area contributed by atoms with Crippen LogP contribution in [0, 0.1) is 0 Å². The number of aryl methyl sites for hydroxylation is 1. The van der Waals surface area contributed by atoms with Gasteiger partial charge in [-0.25, -0.2) is 4.79 Å². The molecule has 1 atom stereocenters. The number of amides is 1. The lowest BCUT2D eigenvalue weighted by Gasteiger charge is -2.13. The van der Waals surface area contributed by atoms with Gasteiger partial charge >= 0.3 is 5.97 Å².